The molecule has 1 aliphatic carbocycles. The van der Waals surface area contributed by atoms with Gasteiger partial charge in [-0.2, -0.15) is 13.2 Å². The molecular formula is C17H20F3NO3. The lowest BCUT2D eigenvalue weighted by atomic mass is 10.0. The second-order valence-corrected chi connectivity index (χ2v) is 6.19. The zero-order valence-electron chi connectivity index (χ0n) is 13.1. The van der Waals surface area contributed by atoms with Crippen molar-refractivity contribution in [3.63, 3.8) is 0 Å². The molecule has 0 radical (unpaired) electrons. The number of hydrogen-bond acceptors (Lipinski definition) is 2. The topological polar surface area (TPSA) is 66.4 Å². The Kier molecular flexibility index (Phi) is 5.85. The smallest absolute Gasteiger partial charge is 0.416 e. The van der Waals surface area contributed by atoms with E-state index in [4.69, 9.17) is 5.11 Å². The van der Waals surface area contributed by atoms with Crippen LogP contribution in [0.3, 0.4) is 0 Å². The number of benzene rings is 1. The van der Waals surface area contributed by atoms with E-state index in [1.54, 1.807) is 6.07 Å². The van der Waals surface area contributed by atoms with Crippen molar-refractivity contribution in [1.29, 1.82) is 0 Å². The zero-order valence-corrected chi connectivity index (χ0v) is 13.1. The molecule has 1 aliphatic rings. The minimum Gasteiger partial charge on any atom is -0.480 e. The number of hydrogen-bond donors (Lipinski definition) is 2. The van der Waals surface area contributed by atoms with E-state index < -0.39 is 23.8 Å². The molecule has 7 heteroatoms. The number of rotatable bonds is 8. The summed E-state index contributed by atoms with van der Waals surface area (Å²) in [5, 5.41) is 11.6. The molecule has 0 aromatic heterocycles. The number of halogens is 3. The van der Waals surface area contributed by atoms with E-state index in [0.29, 0.717) is 30.7 Å². The minimum atomic E-state index is -4.38. The third kappa shape index (κ3) is 5.86. The summed E-state index contributed by atoms with van der Waals surface area (Å²) in [6.45, 7) is 0. The molecule has 1 amide bonds. The Morgan fingerprint density at radius 2 is 2.00 bits per heavy atom. The van der Waals surface area contributed by atoms with Crippen LogP contribution in [0, 0.1) is 5.92 Å². The van der Waals surface area contributed by atoms with Gasteiger partial charge in [-0.15, -0.1) is 0 Å². The summed E-state index contributed by atoms with van der Waals surface area (Å²) in [6, 6.07) is 4.13. The van der Waals surface area contributed by atoms with Gasteiger partial charge in [-0.1, -0.05) is 31.0 Å². The highest BCUT2D eigenvalue weighted by molar-refractivity contribution is 5.83. The maximum Gasteiger partial charge on any atom is 0.416 e. The molecule has 0 bridgehead atoms. The highest BCUT2D eigenvalue weighted by Gasteiger charge is 2.31. The normalized spacial score (nSPS) is 15.8. The summed E-state index contributed by atoms with van der Waals surface area (Å²) in [6.07, 6.45) is -1.17. The van der Waals surface area contributed by atoms with Crippen molar-refractivity contribution in [3.8, 4) is 0 Å². The largest absolute Gasteiger partial charge is 0.480 e. The number of nitrogens with one attached hydrogen (secondary N) is 1. The minimum absolute atomic E-state index is 0.0880. The molecule has 4 nitrogen and oxygen atoms in total. The number of carboxylic acids is 1. The molecule has 1 unspecified atom stereocenters. The Bertz CT molecular complexity index is 597. The summed E-state index contributed by atoms with van der Waals surface area (Å²) >= 11 is 0. The maximum absolute atomic E-state index is 12.6. The van der Waals surface area contributed by atoms with Crippen molar-refractivity contribution in [2.24, 2.45) is 5.92 Å². The predicted molar refractivity (Wildman–Crippen MR) is 81.3 cm³/mol. The maximum atomic E-state index is 12.6. The number of carbonyl (C=O) groups is 2. The first-order chi connectivity index (χ1) is 11.3. The van der Waals surface area contributed by atoms with Gasteiger partial charge in [-0.3, -0.25) is 4.79 Å². The molecule has 0 saturated heterocycles. The lowest BCUT2D eigenvalue weighted by Crippen LogP contribution is -2.41. The summed E-state index contributed by atoms with van der Waals surface area (Å²) in [5.41, 5.74) is -0.204. The van der Waals surface area contributed by atoms with Gasteiger partial charge in [0.05, 0.1) is 5.56 Å². The van der Waals surface area contributed by atoms with Crippen LogP contribution in [0.25, 0.3) is 0 Å². The van der Waals surface area contributed by atoms with Crippen molar-refractivity contribution < 1.29 is 27.9 Å². The van der Waals surface area contributed by atoms with Crippen molar-refractivity contribution in [2.45, 2.75) is 50.7 Å². The van der Waals surface area contributed by atoms with E-state index in [2.05, 4.69) is 5.32 Å². The molecule has 24 heavy (non-hydrogen) atoms. The first kappa shape index (κ1) is 18.3. The molecule has 1 aromatic rings. The second-order valence-electron chi connectivity index (χ2n) is 6.19. The van der Waals surface area contributed by atoms with Crippen molar-refractivity contribution in [3.05, 3.63) is 35.4 Å². The monoisotopic (exact) mass is 343 g/mol. The van der Waals surface area contributed by atoms with Gasteiger partial charge in [-0.25, -0.2) is 4.79 Å². The lowest BCUT2D eigenvalue weighted by Gasteiger charge is -2.14. The van der Waals surface area contributed by atoms with Crippen molar-refractivity contribution in [2.75, 3.05) is 0 Å². The molecular weight excluding hydrogens is 323 g/mol. The van der Waals surface area contributed by atoms with E-state index in [1.165, 1.54) is 6.07 Å². The predicted octanol–water partition coefficient (Wildman–Crippen LogP) is 3.40. The fourth-order valence-electron chi connectivity index (χ4n) is 2.53. The first-order valence-electron chi connectivity index (χ1n) is 7.94. The van der Waals surface area contributed by atoms with E-state index in [0.717, 1.165) is 25.0 Å². The average molecular weight is 343 g/mol. The molecule has 2 N–H and O–H groups in total. The Balaban J connectivity index is 1.78. The number of alkyl halides is 3. The summed E-state index contributed by atoms with van der Waals surface area (Å²) in [7, 11) is 0. The van der Waals surface area contributed by atoms with Crippen LogP contribution in [0.5, 0.6) is 0 Å². The lowest BCUT2D eigenvalue weighted by molar-refractivity contribution is -0.142. The van der Waals surface area contributed by atoms with E-state index >= 15 is 0 Å². The van der Waals surface area contributed by atoms with Gasteiger partial charge in [0.2, 0.25) is 5.91 Å². The molecule has 1 atom stereocenters. The van der Waals surface area contributed by atoms with Crippen LogP contribution >= 0.6 is 0 Å². The third-order valence-electron chi connectivity index (χ3n) is 4.02. The molecule has 1 saturated carbocycles. The van der Waals surface area contributed by atoms with E-state index in [-0.39, 0.29) is 12.3 Å². The average Bonchev–Trinajstić information content (AvgIpc) is 3.30. The standard InChI is InChI=1S/C17H20F3NO3/c18-17(19,20)13-5-1-3-11(9-13)4-2-6-15(22)21-14(16(23)24)10-12-7-8-12/h1,3,5,9,12,14H,2,4,6-8,10H2,(H,21,22)(H,23,24). The fraction of sp³-hybridized carbons (Fsp3) is 0.529. The quantitative estimate of drug-likeness (QED) is 0.760. The van der Waals surface area contributed by atoms with Crippen LogP contribution in [0.4, 0.5) is 13.2 Å². The van der Waals surface area contributed by atoms with Gasteiger partial charge < -0.3 is 10.4 Å². The van der Waals surface area contributed by atoms with E-state index in [1.807, 2.05) is 0 Å². The third-order valence-corrected chi connectivity index (χ3v) is 4.02. The fourth-order valence-corrected chi connectivity index (χ4v) is 2.53. The van der Waals surface area contributed by atoms with Crippen molar-refractivity contribution in [1.82, 2.24) is 5.32 Å². The summed E-state index contributed by atoms with van der Waals surface area (Å²) < 4.78 is 37.9. The van der Waals surface area contributed by atoms with Crippen LogP contribution in [-0.4, -0.2) is 23.0 Å². The highest BCUT2D eigenvalue weighted by Crippen LogP contribution is 2.33. The molecule has 0 aliphatic heterocycles. The van der Waals surface area contributed by atoms with Crippen LogP contribution in [0.15, 0.2) is 24.3 Å². The Hall–Kier alpha value is -2.05. The van der Waals surface area contributed by atoms with Crippen LogP contribution in [0.2, 0.25) is 0 Å². The Morgan fingerprint density at radius 3 is 2.58 bits per heavy atom. The van der Waals surface area contributed by atoms with E-state index in [9.17, 15) is 22.8 Å². The van der Waals surface area contributed by atoms with Gasteiger partial charge in [-0.05, 0) is 36.8 Å². The Labute approximate surface area is 138 Å². The molecule has 132 valence electrons. The number of amides is 1. The van der Waals surface area contributed by atoms with Crippen LogP contribution in [0.1, 0.15) is 43.2 Å². The Morgan fingerprint density at radius 1 is 1.29 bits per heavy atom. The second kappa shape index (κ2) is 7.68. The summed E-state index contributed by atoms with van der Waals surface area (Å²) in [4.78, 5) is 22.9. The molecule has 1 fully saturated rings. The van der Waals surface area contributed by atoms with Gasteiger partial charge in [0.1, 0.15) is 6.04 Å². The van der Waals surface area contributed by atoms with Crippen LogP contribution < -0.4 is 5.32 Å². The SMILES string of the molecule is O=C(CCCc1cccc(C(F)(F)F)c1)NC(CC1CC1)C(=O)O. The summed E-state index contributed by atoms with van der Waals surface area (Å²) in [5.74, 6) is -1.06. The highest BCUT2D eigenvalue weighted by atomic mass is 19.4. The van der Waals surface area contributed by atoms with Gasteiger partial charge >= 0.3 is 12.1 Å². The van der Waals surface area contributed by atoms with Gasteiger partial charge in [0.25, 0.3) is 0 Å². The number of aryl methyl sites for hydroxylation is 1. The zero-order chi connectivity index (χ0) is 17.7. The van der Waals surface area contributed by atoms with Crippen LogP contribution in [-0.2, 0) is 22.2 Å². The molecule has 2 rings (SSSR count). The number of carbonyl (C=O) groups excluding carboxylic acids is 1. The van der Waals surface area contributed by atoms with Gasteiger partial charge in [0.15, 0.2) is 0 Å². The molecule has 1 aromatic carbocycles. The molecule has 0 spiro atoms. The first-order valence-corrected chi connectivity index (χ1v) is 7.94. The number of carboxylic acid groups (broad SMARTS) is 1. The van der Waals surface area contributed by atoms with Crippen molar-refractivity contribution >= 4 is 11.9 Å². The number of aliphatic carboxylic acids is 1. The van der Waals surface area contributed by atoms with Gasteiger partial charge in [0, 0.05) is 6.42 Å². The molecule has 0 heterocycles.